The Labute approximate surface area is 107 Å². The Kier molecular flexibility index (Phi) is 4.26. The number of carbonyl (C=O) groups is 1. The Morgan fingerprint density at radius 3 is 2.53 bits per heavy atom. The summed E-state index contributed by atoms with van der Waals surface area (Å²) >= 11 is 0. The molecule has 0 unspecified atom stereocenters. The minimum atomic E-state index is -5.73. The molecule has 0 heterocycles. The third-order valence-electron chi connectivity index (χ3n) is 1.96. The molecule has 0 aromatic heterocycles. The van der Waals surface area contributed by atoms with Crippen LogP contribution in [0.4, 0.5) is 13.2 Å². The molecule has 0 aliphatic carbocycles. The zero-order valence-corrected chi connectivity index (χ0v) is 9.96. The van der Waals surface area contributed by atoms with E-state index < -0.39 is 39.3 Å². The lowest BCUT2D eigenvalue weighted by Crippen LogP contribution is -2.34. The predicted molar refractivity (Wildman–Crippen MR) is 58.6 cm³/mol. The van der Waals surface area contributed by atoms with E-state index in [0.29, 0.717) is 0 Å². The van der Waals surface area contributed by atoms with Crippen molar-refractivity contribution in [1.82, 2.24) is 0 Å². The summed E-state index contributed by atoms with van der Waals surface area (Å²) in [6.07, 6.45) is 0. The van der Waals surface area contributed by atoms with Crippen LogP contribution in [0.2, 0.25) is 0 Å². The summed E-state index contributed by atoms with van der Waals surface area (Å²) < 4.78 is 71.3. The topological polar surface area (TPSA) is 80.7 Å². The molecular formula is C9H6BF3O5S. The van der Waals surface area contributed by atoms with Crippen LogP contribution in [0.25, 0.3) is 0 Å². The first-order chi connectivity index (χ1) is 8.54. The molecule has 1 aromatic carbocycles. The van der Waals surface area contributed by atoms with Gasteiger partial charge in [-0.2, -0.15) is 17.2 Å². The maximum absolute atomic E-state index is 13.2. The number of hydrogen-bond donors (Lipinski definition) is 1. The molecular weight excluding hydrogens is 288 g/mol. The van der Waals surface area contributed by atoms with Gasteiger partial charge in [0.05, 0.1) is 5.56 Å². The fourth-order valence-corrected chi connectivity index (χ4v) is 1.21. The maximum Gasteiger partial charge on any atom is 0.402 e. The molecule has 0 spiro atoms. The van der Waals surface area contributed by atoms with Gasteiger partial charge >= 0.3 is 21.3 Å². The van der Waals surface area contributed by atoms with Crippen molar-refractivity contribution < 1.29 is 35.7 Å². The van der Waals surface area contributed by atoms with Gasteiger partial charge in [-0.25, -0.2) is 9.18 Å². The zero-order chi connectivity index (χ0) is 14.8. The van der Waals surface area contributed by atoms with Crippen LogP contribution in [0.15, 0.2) is 18.2 Å². The Balaban J connectivity index is 2.85. The summed E-state index contributed by atoms with van der Waals surface area (Å²) in [6, 6.07) is 2.77. The fourth-order valence-electron chi connectivity index (χ4n) is 1.00. The van der Waals surface area contributed by atoms with Crippen LogP contribution in [-0.4, -0.2) is 38.6 Å². The summed E-state index contributed by atoms with van der Waals surface area (Å²) in [5.74, 6) is -2.61. The lowest BCUT2D eigenvalue weighted by Gasteiger charge is -2.13. The van der Waals surface area contributed by atoms with Gasteiger partial charge in [0.1, 0.15) is 13.7 Å². The second kappa shape index (κ2) is 5.21. The number of rotatable bonds is 4. The lowest BCUT2D eigenvalue weighted by molar-refractivity contribution is -0.00978. The van der Waals surface area contributed by atoms with Crippen molar-refractivity contribution in [2.24, 2.45) is 0 Å². The molecule has 0 saturated heterocycles. The largest absolute Gasteiger partial charge is 0.454 e. The third-order valence-corrected chi connectivity index (χ3v) is 2.83. The lowest BCUT2D eigenvalue weighted by atomic mass is 9.94. The van der Waals surface area contributed by atoms with Crippen molar-refractivity contribution in [2.45, 2.75) is 5.25 Å². The molecule has 1 aromatic rings. The molecule has 0 amide bonds. The summed E-state index contributed by atoms with van der Waals surface area (Å²) in [6.45, 7) is -1.95. The van der Waals surface area contributed by atoms with E-state index in [1.807, 2.05) is 0 Å². The summed E-state index contributed by atoms with van der Waals surface area (Å²) in [5.41, 5.74) is -0.749. The molecule has 0 fully saturated rings. The van der Waals surface area contributed by atoms with E-state index in [1.165, 1.54) is 0 Å². The van der Waals surface area contributed by atoms with Crippen molar-refractivity contribution in [3.8, 4) is 0 Å². The number of benzene rings is 1. The molecule has 10 heteroatoms. The first kappa shape index (κ1) is 15.5. The van der Waals surface area contributed by atoms with Gasteiger partial charge < -0.3 is 4.74 Å². The Morgan fingerprint density at radius 2 is 2.00 bits per heavy atom. The average molecular weight is 294 g/mol. The second-order valence-electron chi connectivity index (χ2n) is 3.43. The highest BCUT2D eigenvalue weighted by atomic mass is 32.2. The minimum absolute atomic E-state index is 0.0186. The number of carbonyl (C=O) groups excluding carboxylic acids is 1. The van der Waals surface area contributed by atoms with Crippen molar-refractivity contribution in [3.05, 3.63) is 29.6 Å². The highest BCUT2D eigenvalue weighted by molar-refractivity contribution is 7.86. The number of alkyl halides is 2. The smallest absolute Gasteiger partial charge is 0.402 e. The van der Waals surface area contributed by atoms with Crippen LogP contribution in [0.3, 0.4) is 0 Å². The predicted octanol–water partition coefficient (Wildman–Crippen LogP) is 0.257. The van der Waals surface area contributed by atoms with Crippen molar-refractivity contribution >= 4 is 29.4 Å². The van der Waals surface area contributed by atoms with E-state index in [9.17, 15) is 26.4 Å². The van der Waals surface area contributed by atoms with E-state index in [2.05, 4.69) is 4.74 Å². The highest BCUT2D eigenvalue weighted by Gasteiger charge is 2.45. The van der Waals surface area contributed by atoms with Crippen LogP contribution in [0.5, 0.6) is 0 Å². The fraction of sp³-hybridized carbons (Fsp3) is 0.222. The number of ether oxygens (including phenoxy) is 1. The van der Waals surface area contributed by atoms with E-state index >= 15 is 0 Å². The molecule has 5 nitrogen and oxygen atoms in total. The summed E-state index contributed by atoms with van der Waals surface area (Å²) in [7, 11) is -0.469. The first-order valence-electron chi connectivity index (χ1n) is 4.61. The molecule has 1 rings (SSSR count). The van der Waals surface area contributed by atoms with Gasteiger partial charge in [-0.05, 0) is 6.07 Å². The molecule has 102 valence electrons. The molecule has 0 bridgehead atoms. The third kappa shape index (κ3) is 3.71. The van der Waals surface area contributed by atoms with E-state index in [-0.39, 0.29) is 5.46 Å². The van der Waals surface area contributed by atoms with Gasteiger partial charge in [0, 0.05) is 0 Å². The summed E-state index contributed by atoms with van der Waals surface area (Å²) in [4.78, 5) is 11.3. The zero-order valence-electron chi connectivity index (χ0n) is 9.14. The van der Waals surface area contributed by atoms with E-state index in [0.717, 1.165) is 18.2 Å². The monoisotopic (exact) mass is 294 g/mol. The quantitative estimate of drug-likeness (QED) is 0.489. The molecule has 0 saturated carbocycles. The van der Waals surface area contributed by atoms with E-state index in [1.54, 1.807) is 0 Å². The van der Waals surface area contributed by atoms with Crippen molar-refractivity contribution in [1.29, 1.82) is 0 Å². The van der Waals surface area contributed by atoms with Crippen LogP contribution in [0, 0.1) is 5.82 Å². The van der Waals surface area contributed by atoms with Crippen molar-refractivity contribution in [2.75, 3.05) is 6.61 Å². The van der Waals surface area contributed by atoms with Crippen LogP contribution < -0.4 is 5.46 Å². The molecule has 1 N–H and O–H groups in total. The van der Waals surface area contributed by atoms with Gasteiger partial charge in [0.15, 0.2) is 6.61 Å². The molecule has 2 radical (unpaired) electrons. The maximum atomic E-state index is 13.2. The molecule has 0 atom stereocenters. The van der Waals surface area contributed by atoms with Gasteiger partial charge in [0.25, 0.3) is 0 Å². The Bertz CT molecular complexity index is 602. The van der Waals surface area contributed by atoms with Gasteiger partial charge in [-0.3, -0.25) is 4.55 Å². The first-order valence-corrected chi connectivity index (χ1v) is 6.05. The number of esters is 1. The minimum Gasteiger partial charge on any atom is -0.454 e. The van der Waals surface area contributed by atoms with Crippen LogP contribution >= 0.6 is 0 Å². The standard InChI is InChI=1S/C9H6BF3O5S/c10-5-1-2-7(11)6(3-5)8(14)18-4-9(12,13)19(15,16)17/h1-3H,4H2,(H,15,16,17). The Morgan fingerprint density at radius 1 is 1.42 bits per heavy atom. The normalized spacial score (nSPS) is 12.2. The SMILES string of the molecule is [B]c1ccc(F)c(C(=O)OCC(F)(F)S(=O)(=O)O)c1. The Hall–Kier alpha value is -1.55. The molecule has 19 heavy (non-hydrogen) atoms. The molecule has 0 aliphatic heterocycles. The van der Waals surface area contributed by atoms with Gasteiger partial charge in [-0.15, -0.1) is 0 Å². The van der Waals surface area contributed by atoms with Gasteiger partial charge in [-0.1, -0.05) is 17.6 Å². The van der Waals surface area contributed by atoms with E-state index in [4.69, 9.17) is 12.4 Å². The van der Waals surface area contributed by atoms with Crippen LogP contribution in [0.1, 0.15) is 10.4 Å². The second-order valence-corrected chi connectivity index (χ2v) is 4.98. The molecule has 0 aliphatic rings. The van der Waals surface area contributed by atoms with Gasteiger partial charge in [0.2, 0.25) is 0 Å². The number of halogens is 3. The average Bonchev–Trinajstić information content (AvgIpc) is 2.28. The van der Waals surface area contributed by atoms with Crippen LogP contribution in [-0.2, 0) is 14.9 Å². The highest BCUT2D eigenvalue weighted by Crippen LogP contribution is 2.21. The summed E-state index contributed by atoms with van der Waals surface area (Å²) in [5, 5.41) is -4.68. The number of hydrogen-bond acceptors (Lipinski definition) is 4. The van der Waals surface area contributed by atoms with Crippen molar-refractivity contribution in [3.63, 3.8) is 0 Å².